The van der Waals surface area contributed by atoms with E-state index in [-0.39, 0.29) is 5.91 Å². The lowest BCUT2D eigenvalue weighted by atomic mass is 10.2. The summed E-state index contributed by atoms with van der Waals surface area (Å²) in [4.78, 5) is 18.4. The number of nitrogens with zero attached hydrogens (tertiary/aromatic N) is 3. The Morgan fingerprint density at radius 3 is 2.75 bits per heavy atom. The fraction of sp³-hybridized carbons (Fsp3) is 0.688. The van der Waals surface area contributed by atoms with Gasteiger partial charge in [-0.1, -0.05) is 6.07 Å². The van der Waals surface area contributed by atoms with E-state index >= 15 is 0 Å². The lowest BCUT2D eigenvalue weighted by Crippen LogP contribution is -2.48. The lowest BCUT2D eigenvalue weighted by molar-refractivity contribution is -0.134. The summed E-state index contributed by atoms with van der Waals surface area (Å²) in [7, 11) is -3.31. The third-order valence-corrected chi connectivity index (χ3v) is 6.92. The molecule has 3 heterocycles. The Labute approximate surface area is 148 Å². The van der Waals surface area contributed by atoms with Crippen LogP contribution in [-0.2, 0) is 21.4 Å². The number of hydrogen-bond donors (Lipinski definition) is 0. The van der Waals surface area contributed by atoms with Crippen LogP contribution in [0, 0.1) is 0 Å². The minimum Gasteiger partial charge on any atom is -0.340 e. The average molecular weight is 372 g/mol. The second-order valence-electron chi connectivity index (χ2n) is 6.57. The highest BCUT2D eigenvalue weighted by Gasteiger charge is 2.38. The van der Waals surface area contributed by atoms with Crippen LogP contribution in [0.5, 0.6) is 0 Å². The molecule has 0 unspecified atom stereocenters. The van der Waals surface area contributed by atoms with Crippen molar-refractivity contribution in [3.63, 3.8) is 0 Å². The maximum atomic E-state index is 12.8. The Morgan fingerprint density at radius 2 is 2.04 bits per heavy atom. The second-order valence-corrected chi connectivity index (χ2v) is 9.53. The molecule has 6 nitrogen and oxygen atoms in total. The molecule has 2 aliphatic heterocycles. The van der Waals surface area contributed by atoms with E-state index < -0.39 is 16.1 Å². The van der Waals surface area contributed by atoms with Gasteiger partial charge in [0.1, 0.15) is 6.04 Å². The molecular formula is C16H25N3O3S2. The van der Waals surface area contributed by atoms with Crippen LogP contribution in [0.15, 0.2) is 17.5 Å². The number of carbonyl (C=O) groups is 1. The van der Waals surface area contributed by atoms with Crippen LogP contribution in [0.3, 0.4) is 0 Å². The molecule has 3 rings (SSSR count). The van der Waals surface area contributed by atoms with Gasteiger partial charge in [0.15, 0.2) is 0 Å². The van der Waals surface area contributed by atoms with Crippen molar-refractivity contribution in [3.8, 4) is 0 Å². The molecule has 2 aliphatic rings. The number of hydrogen-bond acceptors (Lipinski definition) is 5. The summed E-state index contributed by atoms with van der Waals surface area (Å²) in [5.74, 6) is -0.0177. The van der Waals surface area contributed by atoms with Crippen molar-refractivity contribution in [1.82, 2.24) is 14.1 Å². The number of sulfonamides is 1. The van der Waals surface area contributed by atoms with E-state index in [9.17, 15) is 13.2 Å². The molecule has 0 aromatic carbocycles. The molecule has 0 N–H and O–H groups in total. The first-order valence-corrected chi connectivity index (χ1v) is 11.2. The Kier molecular flexibility index (Phi) is 5.59. The fourth-order valence-corrected chi connectivity index (χ4v) is 5.43. The van der Waals surface area contributed by atoms with Crippen molar-refractivity contribution >= 4 is 27.3 Å². The molecule has 1 aromatic heterocycles. The number of amides is 1. The van der Waals surface area contributed by atoms with Crippen LogP contribution in [-0.4, -0.2) is 73.5 Å². The van der Waals surface area contributed by atoms with Gasteiger partial charge in [0.05, 0.1) is 6.26 Å². The summed E-state index contributed by atoms with van der Waals surface area (Å²) in [5, 5.41) is 2.09. The first-order valence-electron chi connectivity index (χ1n) is 8.45. The highest BCUT2D eigenvalue weighted by Crippen LogP contribution is 2.23. The molecule has 0 radical (unpaired) electrons. The number of carbonyl (C=O) groups excluding carboxylic acids is 1. The lowest BCUT2D eigenvalue weighted by Gasteiger charge is -2.28. The first-order chi connectivity index (χ1) is 11.4. The van der Waals surface area contributed by atoms with Crippen LogP contribution in [0.1, 0.15) is 24.1 Å². The number of rotatable bonds is 4. The van der Waals surface area contributed by atoms with Gasteiger partial charge in [-0.05, 0) is 30.7 Å². The normalized spacial score (nSPS) is 24.2. The van der Waals surface area contributed by atoms with E-state index in [2.05, 4.69) is 22.4 Å². The Hall–Kier alpha value is -0.960. The minimum absolute atomic E-state index is 0.0177. The molecule has 24 heavy (non-hydrogen) atoms. The summed E-state index contributed by atoms with van der Waals surface area (Å²) in [6.45, 7) is 4.61. The molecule has 2 saturated heterocycles. The first kappa shape index (κ1) is 17.8. The third-order valence-electron chi connectivity index (χ3n) is 4.77. The van der Waals surface area contributed by atoms with Gasteiger partial charge in [0.25, 0.3) is 0 Å². The van der Waals surface area contributed by atoms with Crippen LogP contribution < -0.4 is 0 Å². The number of thiophene rings is 1. The van der Waals surface area contributed by atoms with Crippen LogP contribution in [0.2, 0.25) is 0 Å². The monoisotopic (exact) mass is 371 g/mol. The molecule has 8 heteroatoms. The SMILES string of the molecule is CS(=O)(=O)N1CCC[C@H]1C(=O)N1CCCN(Cc2cccs2)CC1. The van der Waals surface area contributed by atoms with Crippen LogP contribution in [0.4, 0.5) is 0 Å². The molecule has 1 aromatic rings. The Balaban J connectivity index is 1.60. The fourth-order valence-electron chi connectivity index (χ4n) is 3.57. The van der Waals surface area contributed by atoms with Crippen LogP contribution >= 0.6 is 11.3 Å². The van der Waals surface area contributed by atoms with Crippen molar-refractivity contribution < 1.29 is 13.2 Å². The van der Waals surface area contributed by atoms with Gasteiger partial charge in [-0.25, -0.2) is 8.42 Å². The predicted octanol–water partition coefficient (Wildman–Crippen LogP) is 1.21. The van der Waals surface area contributed by atoms with E-state index in [1.807, 2.05) is 4.90 Å². The van der Waals surface area contributed by atoms with Gasteiger partial charge in [0.2, 0.25) is 15.9 Å². The quantitative estimate of drug-likeness (QED) is 0.798. The Morgan fingerprint density at radius 1 is 1.21 bits per heavy atom. The molecule has 0 saturated carbocycles. The van der Waals surface area contributed by atoms with Crippen molar-refractivity contribution in [2.45, 2.75) is 31.8 Å². The molecule has 0 bridgehead atoms. The van der Waals surface area contributed by atoms with Crippen molar-refractivity contribution in [2.24, 2.45) is 0 Å². The Bertz CT molecular complexity index is 660. The zero-order valence-corrected chi connectivity index (χ0v) is 15.7. The maximum Gasteiger partial charge on any atom is 0.241 e. The highest BCUT2D eigenvalue weighted by molar-refractivity contribution is 7.88. The largest absolute Gasteiger partial charge is 0.340 e. The van der Waals surface area contributed by atoms with Crippen LogP contribution in [0.25, 0.3) is 0 Å². The highest BCUT2D eigenvalue weighted by atomic mass is 32.2. The zero-order valence-electron chi connectivity index (χ0n) is 14.1. The van der Waals surface area contributed by atoms with Gasteiger partial charge in [-0.15, -0.1) is 11.3 Å². The molecule has 1 amide bonds. The van der Waals surface area contributed by atoms with E-state index in [1.165, 1.54) is 15.4 Å². The summed E-state index contributed by atoms with van der Waals surface area (Å²) >= 11 is 1.76. The summed E-state index contributed by atoms with van der Waals surface area (Å²) in [6, 6.07) is 3.71. The summed E-state index contributed by atoms with van der Waals surface area (Å²) in [5.41, 5.74) is 0. The standard InChI is InChI=1S/C16H25N3O3S2/c1-24(21,22)19-9-2-6-15(19)16(20)18-8-4-7-17(10-11-18)13-14-5-3-12-23-14/h3,5,12,15H,2,4,6-11,13H2,1H3/t15-/m0/s1. The van der Waals surface area contributed by atoms with Crippen molar-refractivity contribution in [3.05, 3.63) is 22.4 Å². The molecule has 0 aliphatic carbocycles. The van der Waals surface area contributed by atoms with E-state index in [0.29, 0.717) is 26.1 Å². The predicted molar refractivity (Wildman–Crippen MR) is 95.4 cm³/mol. The molecule has 0 spiro atoms. The van der Waals surface area contributed by atoms with Gasteiger partial charge < -0.3 is 4.90 Å². The van der Waals surface area contributed by atoms with Gasteiger partial charge in [-0.3, -0.25) is 9.69 Å². The second kappa shape index (κ2) is 7.51. The molecule has 134 valence electrons. The van der Waals surface area contributed by atoms with Crippen molar-refractivity contribution in [2.75, 3.05) is 39.0 Å². The smallest absolute Gasteiger partial charge is 0.241 e. The average Bonchev–Trinajstić information content (AvgIpc) is 3.15. The third kappa shape index (κ3) is 4.17. The topological polar surface area (TPSA) is 60.9 Å². The van der Waals surface area contributed by atoms with Crippen molar-refractivity contribution in [1.29, 1.82) is 0 Å². The van der Waals surface area contributed by atoms with E-state index in [0.717, 1.165) is 32.5 Å². The summed E-state index contributed by atoms with van der Waals surface area (Å²) < 4.78 is 25.1. The van der Waals surface area contributed by atoms with Gasteiger partial charge in [-0.2, -0.15) is 4.31 Å². The van der Waals surface area contributed by atoms with E-state index in [4.69, 9.17) is 0 Å². The van der Waals surface area contributed by atoms with Gasteiger partial charge in [0, 0.05) is 44.1 Å². The maximum absolute atomic E-state index is 12.8. The molecule has 1 atom stereocenters. The molecular weight excluding hydrogens is 346 g/mol. The van der Waals surface area contributed by atoms with E-state index in [1.54, 1.807) is 11.3 Å². The zero-order chi connectivity index (χ0) is 17.2. The molecule has 2 fully saturated rings. The minimum atomic E-state index is -3.31. The van der Waals surface area contributed by atoms with Gasteiger partial charge >= 0.3 is 0 Å². The summed E-state index contributed by atoms with van der Waals surface area (Å²) in [6.07, 6.45) is 3.54.